The molecule has 3 heteroatoms. The van der Waals surface area contributed by atoms with Gasteiger partial charge in [0.25, 0.3) is 5.54 Å². The molecule has 0 atom stereocenters. The second-order valence-corrected chi connectivity index (χ2v) is 2.83. The Morgan fingerprint density at radius 1 is 1.50 bits per heavy atom. The Balaban J connectivity index is 2.40. The molecule has 0 spiro atoms. The Kier molecular flexibility index (Phi) is 0.836. The summed E-state index contributed by atoms with van der Waals surface area (Å²) in [7, 11) is 0. The minimum atomic E-state index is -0.829. The number of allylic oxidation sites excluding steroid dienone is 2. The smallest absolute Gasteiger partial charge is 0.259 e. The average molecular weight is 137 g/mol. The lowest BCUT2D eigenvalue weighted by Crippen LogP contribution is -2.29. The van der Waals surface area contributed by atoms with Crippen LogP contribution in [0, 0.1) is 16.0 Å². The van der Waals surface area contributed by atoms with Gasteiger partial charge in [0, 0.05) is 17.3 Å². The van der Waals surface area contributed by atoms with Crippen LogP contribution in [0.25, 0.3) is 0 Å². The lowest BCUT2D eigenvalue weighted by molar-refractivity contribution is -0.539. The number of hydrogen-bond donors (Lipinski definition) is 0. The minimum absolute atomic E-state index is 0.215. The van der Waals surface area contributed by atoms with Crippen LogP contribution in [0.15, 0.2) is 24.3 Å². The summed E-state index contributed by atoms with van der Waals surface area (Å²) >= 11 is 0. The molecule has 0 saturated heterocycles. The van der Waals surface area contributed by atoms with E-state index in [1.807, 2.05) is 12.2 Å². The van der Waals surface area contributed by atoms with Gasteiger partial charge in [0.05, 0.1) is 0 Å². The number of fused-ring (bicyclic) bond motifs is 2. The fourth-order valence-electron chi connectivity index (χ4n) is 1.55. The lowest BCUT2D eigenvalue weighted by Gasteiger charge is -2.09. The second-order valence-electron chi connectivity index (χ2n) is 2.83. The van der Waals surface area contributed by atoms with Crippen LogP contribution >= 0.6 is 0 Å². The van der Waals surface area contributed by atoms with E-state index in [2.05, 4.69) is 0 Å². The van der Waals surface area contributed by atoms with Crippen molar-refractivity contribution < 1.29 is 4.92 Å². The summed E-state index contributed by atoms with van der Waals surface area (Å²) in [6.07, 6.45) is 7.83. The molecule has 2 bridgehead atoms. The Morgan fingerprint density at radius 3 is 2.30 bits per heavy atom. The quantitative estimate of drug-likeness (QED) is 0.309. The van der Waals surface area contributed by atoms with Crippen molar-refractivity contribution in [3.05, 3.63) is 34.4 Å². The topological polar surface area (TPSA) is 43.1 Å². The molecule has 0 aromatic carbocycles. The number of nitro groups is 1. The summed E-state index contributed by atoms with van der Waals surface area (Å²) in [5.74, 6) is 0.324. The molecule has 0 unspecified atom stereocenters. The molecule has 3 nitrogen and oxygen atoms in total. The zero-order valence-electron chi connectivity index (χ0n) is 5.36. The summed E-state index contributed by atoms with van der Waals surface area (Å²) in [5.41, 5.74) is -0.829. The van der Waals surface area contributed by atoms with Crippen molar-refractivity contribution in [1.82, 2.24) is 0 Å². The molecular weight excluding hydrogens is 130 g/mol. The van der Waals surface area contributed by atoms with E-state index in [0.717, 1.165) is 0 Å². The van der Waals surface area contributed by atoms with Gasteiger partial charge in [0.2, 0.25) is 0 Å². The van der Waals surface area contributed by atoms with Crippen molar-refractivity contribution in [1.29, 1.82) is 0 Å². The third-order valence-corrected chi connectivity index (χ3v) is 2.17. The van der Waals surface area contributed by atoms with Crippen LogP contribution in [0.1, 0.15) is 6.42 Å². The van der Waals surface area contributed by atoms with Gasteiger partial charge in [-0.1, -0.05) is 12.2 Å². The van der Waals surface area contributed by atoms with Gasteiger partial charge in [0.15, 0.2) is 0 Å². The predicted molar refractivity (Wildman–Crippen MR) is 36.1 cm³/mol. The highest BCUT2D eigenvalue weighted by molar-refractivity contribution is 5.31. The molecule has 0 fully saturated rings. The fourth-order valence-corrected chi connectivity index (χ4v) is 1.55. The van der Waals surface area contributed by atoms with Crippen molar-refractivity contribution >= 4 is 0 Å². The van der Waals surface area contributed by atoms with Crippen LogP contribution in [0.3, 0.4) is 0 Å². The highest BCUT2D eigenvalue weighted by atomic mass is 16.6. The summed E-state index contributed by atoms with van der Waals surface area (Å²) in [5, 5.41) is 10.5. The Labute approximate surface area is 58.2 Å². The molecule has 2 aliphatic carbocycles. The molecule has 0 aliphatic heterocycles. The largest absolute Gasteiger partial charge is 0.263 e. The molecule has 0 saturated carbocycles. The van der Waals surface area contributed by atoms with Gasteiger partial charge in [-0.3, -0.25) is 10.1 Å². The maximum atomic E-state index is 10.5. The first-order valence-corrected chi connectivity index (χ1v) is 3.26. The Hall–Kier alpha value is -1.12. The number of rotatable bonds is 1. The predicted octanol–water partition coefficient (Wildman–Crippen LogP) is 1.15. The first-order valence-electron chi connectivity index (χ1n) is 3.26. The van der Waals surface area contributed by atoms with Crippen LogP contribution in [0.5, 0.6) is 0 Å². The second kappa shape index (κ2) is 1.48. The summed E-state index contributed by atoms with van der Waals surface area (Å²) < 4.78 is 0. The van der Waals surface area contributed by atoms with Crippen LogP contribution in [-0.4, -0.2) is 10.5 Å². The molecule has 52 valence electrons. The molecular formula is C7H7NO2. The molecule has 2 rings (SSSR count). The van der Waals surface area contributed by atoms with Crippen LogP contribution < -0.4 is 0 Å². The molecule has 0 aromatic rings. The standard InChI is InChI=1S/C7H7NO2/c9-8(10)7-3-1-6(5-7)2-4-7/h1-4,6H,5H2. The third-order valence-electron chi connectivity index (χ3n) is 2.17. The van der Waals surface area contributed by atoms with Crippen molar-refractivity contribution in [2.24, 2.45) is 5.92 Å². The van der Waals surface area contributed by atoms with E-state index in [4.69, 9.17) is 0 Å². The van der Waals surface area contributed by atoms with Gasteiger partial charge in [-0.2, -0.15) is 0 Å². The van der Waals surface area contributed by atoms with Gasteiger partial charge in [-0.25, -0.2) is 0 Å². The van der Waals surface area contributed by atoms with Crippen LogP contribution in [0.2, 0.25) is 0 Å². The van der Waals surface area contributed by atoms with Crippen molar-refractivity contribution in [3.8, 4) is 0 Å². The average Bonchev–Trinajstić information content (AvgIpc) is 2.45. The number of hydrogen-bond acceptors (Lipinski definition) is 2. The monoisotopic (exact) mass is 137 g/mol. The van der Waals surface area contributed by atoms with E-state index in [0.29, 0.717) is 12.3 Å². The molecule has 0 amide bonds. The van der Waals surface area contributed by atoms with E-state index in [1.165, 1.54) is 0 Å². The van der Waals surface area contributed by atoms with Crippen LogP contribution in [-0.2, 0) is 0 Å². The van der Waals surface area contributed by atoms with Gasteiger partial charge in [-0.15, -0.1) is 0 Å². The lowest BCUT2D eigenvalue weighted by atomic mass is 10.0. The van der Waals surface area contributed by atoms with E-state index >= 15 is 0 Å². The fraction of sp³-hybridized carbons (Fsp3) is 0.429. The van der Waals surface area contributed by atoms with E-state index in [-0.39, 0.29) is 4.92 Å². The summed E-state index contributed by atoms with van der Waals surface area (Å²) in [4.78, 5) is 10.3. The highest BCUT2D eigenvalue weighted by Gasteiger charge is 2.46. The molecule has 0 aromatic heterocycles. The minimum Gasteiger partial charge on any atom is -0.263 e. The first kappa shape index (κ1) is 5.65. The van der Waals surface area contributed by atoms with E-state index < -0.39 is 5.54 Å². The zero-order valence-corrected chi connectivity index (χ0v) is 5.36. The van der Waals surface area contributed by atoms with Gasteiger partial charge < -0.3 is 0 Å². The molecule has 0 N–H and O–H groups in total. The highest BCUT2D eigenvalue weighted by Crippen LogP contribution is 2.38. The Bertz CT molecular complexity index is 228. The molecule has 0 heterocycles. The number of nitrogens with zero attached hydrogens (tertiary/aromatic N) is 1. The van der Waals surface area contributed by atoms with Gasteiger partial charge >= 0.3 is 0 Å². The van der Waals surface area contributed by atoms with Crippen molar-refractivity contribution in [2.75, 3.05) is 0 Å². The Morgan fingerprint density at radius 2 is 2.10 bits per heavy atom. The molecule has 0 radical (unpaired) electrons. The summed E-state index contributed by atoms with van der Waals surface area (Å²) in [6.45, 7) is 0. The zero-order chi connectivity index (χ0) is 7.19. The van der Waals surface area contributed by atoms with Crippen molar-refractivity contribution in [2.45, 2.75) is 12.0 Å². The molecule has 2 aliphatic rings. The maximum Gasteiger partial charge on any atom is 0.259 e. The molecule has 10 heavy (non-hydrogen) atoms. The van der Waals surface area contributed by atoms with E-state index in [1.54, 1.807) is 12.2 Å². The maximum absolute atomic E-state index is 10.5. The third kappa shape index (κ3) is 0.497. The van der Waals surface area contributed by atoms with Gasteiger partial charge in [0.1, 0.15) is 0 Å². The van der Waals surface area contributed by atoms with Crippen molar-refractivity contribution in [3.63, 3.8) is 0 Å². The normalized spacial score (nSPS) is 41.0. The first-order chi connectivity index (χ1) is 4.73. The summed E-state index contributed by atoms with van der Waals surface area (Å²) in [6, 6.07) is 0. The van der Waals surface area contributed by atoms with Crippen LogP contribution in [0.4, 0.5) is 0 Å². The SMILES string of the molecule is O=[N+]([O-])C12C=CC(C=C1)C2. The van der Waals surface area contributed by atoms with E-state index in [9.17, 15) is 10.1 Å². The van der Waals surface area contributed by atoms with Gasteiger partial charge in [-0.05, 0) is 12.2 Å².